The van der Waals surface area contributed by atoms with E-state index in [9.17, 15) is 4.79 Å². The van der Waals surface area contributed by atoms with Crippen LogP contribution in [0.2, 0.25) is 0 Å². The zero-order valence-corrected chi connectivity index (χ0v) is 9.18. The van der Waals surface area contributed by atoms with E-state index >= 15 is 0 Å². The fourth-order valence-corrected chi connectivity index (χ4v) is 0.715. The summed E-state index contributed by atoms with van der Waals surface area (Å²) in [6, 6.07) is 0. The van der Waals surface area contributed by atoms with Crippen LogP contribution in [0.4, 0.5) is 0 Å². The Balaban J connectivity index is 3.63. The molecule has 0 spiro atoms. The van der Waals surface area contributed by atoms with Gasteiger partial charge in [-0.25, -0.2) is 0 Å². The molecular formula is C6H10O3Po. The van der Waals surface area contributed by atoms with Crippen LogP contribution in [0.5, 0.6) is 0 Å². The molecule has 0 aromatic carbocycles. The molecule has 4 heteroatoms. The van der Waals surface area contributed by atoms with Crippen molar-refractivity contribution in [3.8, 4) is 0 Å². The normalized spacial score (nSPS) is 11.3. The molecule has 0 bridgehead atoms. The number of carbonyl (C=O) groups is 1. The van der Waals surface area contributed by atoms with E-state index in [1.54, 1.807) is 10.7 Å². The number of ether oxygens (including phenoxy) is 1. The first kappa shape index (κ1) is 10.1. The molecule has 0 aromatic heterocycles. The fraction of sp³-hybridized carbons (Fsp3) is 0.500. The van der Waals surface area contributed by atoms with E-state index in [1.165, 1.54) is 0 Å². The first-order chi connectivity index (χ1) is 4.72. The number of aliphatic hydroxyl groups excluding tert-OH is 1. The van der Waals surface area contributed by atoms with Gasteiger partial charge in [0, 0.05) is 0 Å². The number of hydrogen-bond acceptors (Lipinski definition) is 3. The summed E-state index contributed by atoms with van der Waals surface area (Å²) in [5.41, 5.74) is 0.613. The molecule has 0 aliphatic carbocycles. The van der Waals surface area contributed by atoms with Crippen molar-refractivity contribution in [3.05, 3.63) is 9.31 Å². The third-order valence-electron chi connectivity index (χ3n) is 0.840. The summed E-state index contributed by atoms with van der Waals surface area (Å²) in [5.74, 6) is -0.337. The van der Waals surface area contributed by atoms with Gasteiger partial charge in [-0.1, -0.05) is 0 Å². The monoisotopic (exact) mass is 339 g/mol. The minimum absolute atomic E-state index is 0.0858. The summed E-state index contributed by atoms with van der Waals surface area (Å²) in [4.78, 5) is 10.7. The van der Waals surface area contributed by atoms with E-state index in [0.717, 1.165) is 25.1 Å². The number of rotatable bonds is 3. The first-order valence-corrected chi connectivity index (χ1v) is 4.82. The van der Waals surface area contributed by atoms with Gasteiger partial charge >= 0.3 is 75.1 Å². The zero-order valence-electron chi connectivity index (χ0n) is 5.70. The van der Waals surface area contributed by atoms with Crippen molar-refractivity contribution in [2.75, 3.05) is 13.2 Å². The Bertz CT molecular complexity index is 142. The molecule has 0 saturated heterocycles. The molecule has 58 valence electrons. The molecule has 0 saturated carbocycles. The standard InChI is InChI=1S/C6H9O3.Po.H/c1-5(2)6(8)9-4-3-7;;/h1,7H,3-4H2,2H3;;. The molecule has 10 heavy (non-hydrogen) atoms. The molecular weight excluding hydrogens is 329 g/mol. The molecule has 0 amide bonds. The van der Waals surface area contributed by atoms with Crippen LogP contribution >= 0.6 is 0 Å². The molecule has 0 aliphatic rings. The van der Waals surface area contributed by atoms with Crippen molar-refractivity contribution in [2.24, 2.45) is 0 Å². The molecule has 3 nitrogen and oxygen atoms in total. The molecule has 1 N–H and O–H groups in total. The Labute approximate surface area is 75.2 Å². The fourth-order valence-electron chi connectivity index (χ4n) is 0.305. The summed E-state index contributed by atoms with van der Waals surface area (Å²) in [7, 11) is 0. The summed E-state index contributed by atoms with van der Waals surface area (Å²) < 4.78 is 6.38. The summed E-state index contributed by atoms with van der Waals surface area (Å²) in [6.45, 7) is 1.67. The van der Waals surface area contributed by atoms with Crippen LogP contribution in [0, 0.1) is 0 Å². The minimum atomic E-state index is -0.337. The average molecular weight is 339 g/mol. The third-order valence-corrected chi connectivity index (χ3v) is 2.35. The zero-order chi connectivity index (χ0) is 7.98. The van der Waals surface area contributed by atoms with Gasteiger partial charge in [-0.05, 0) is 0 Å². The maximum absolute atomic E-state index is 10.7. The van der Waals surface area contributed by atoms with E-state index in [1.807, 2.05) is 0 Å². The van der Waals surface area contributed by atoms with Crippen molar-refractivity contribution in [2.45, 2.75) is 6.92 Å². The van der Waals surface area contributed by atoms with E-state index in [-0.39, 0.29) is 19.2 Å². The van der Waals surface area contributed by atoms with Gasteiger partial charge in [0.25, 0.3) is 0 Å². The summed E-state index contributed by atoms with van der Waals surface area (Å²) in [5, 5.41) is 8.28. The Kier molecular flexibility index (Phi) is 5.86. The molecule has 0 aromatic rings. The van der Waals surface area contributed by atoms with Gasteiger partial charge < -0.3 is 0 Å². The second-order valence-corrected chi connectivity index (χ2v) is 2.68. The van der Waals surface area contributed by atoms with Gasteiger partial charge in [-0.2, -0.15) is 0 Å². The van der Waals surface area contributed by atoms with Crippen LogP contribution in [0.3, 0.4) is 0 Å². The second-order valence-electron chi connectivity index (χ2n) is 1.67. The molecule has 0 heterocycles. The predicted octanol–water partition coefficient (Wildman–Crippen LogP) is -0.674. The van der Waals surface area contributed by atoms with Crippen LogP contribution in [0.15, 0.2) is 9.31 Å². The van der Waals surface area contributed by atoms with E-state index < -0.39 is 0 Å². The van der Waals surface area contributed by atoms with Crippen molar-refractivity contribution in [1.82, 2.24) is 0 Å². The molecule has 0 rings (SSSR count). The SMILES string of the molecule is CC(=[CH][PoH])C(=O)OCCO. The molecule has 0 unspecified atom stereocenters. The summed E-state index contributed by atoms with van der Waals surface area (Å²) >= 11 is 1.04. The van der Waals surface area contributed by atoms with E-state index in [2.05, 4.69) is 4.74 Å². The summed E-state index contributed by atoms with van der Waals surface area (Å²) in [6.07, 6.45) is 0. The van der Waals surface area contributed by atoms with E-state index in [4.69, 9.17) is 5.11 Å². The number of carbonyl (C=O) groups excluding carboxylic acids is 1. The van der Waals surface area contributed by atoms with Crippen molar-refractivity contribution >= 4 is 31.0 Å². The Morgan fingerprint density at radius 1 is 1.80 bits per heavy atom. The van der Waals surface area contributed by atoms with Gasteiger partial charge in [-0.15, -0.1) is 0 Å². The van der Waals surface area contributed by atoms with Gasteiger partial charge in [0.05, 0.1) is 0 Å². The Hall–Kier alpha value is 0.0661. The van der Waals surface area contributed by atoms with Crippen LogP contribution in [-0.2, 0) is 9.53 Å². The van der Waals surface area contributed by atoms with Crippen LogP contribution in [0.1, 0.15) is 6.92 Å². The quantitative estimate of drug-likeness (QED) is 0.548. The number of hydrogen-bond donors (Lipinski definition) is 1. The third kappa shape index (κ3) is 3.97. The van der Waals surface area contributed by atoms with E-state index in [0.29, 0.717) is 5.57 Å². The predicted molar refractivity (Wildman–Crippen MR) is 39.0 cm³/mol. The number of esters is 1. The average Bonchev–Trinajstić information content (AvgIpc) is 1.98. The molecule has 0 aliphatic heterocycles. The maximum atomic E-state index is 10.7. The Morgan fingerprint density at radius 2 is 2.40 bits per heavy atom. The first-order valence-electron chi connectivity index (χ1n) is 2.81. The van der Waals surface area contributed by atoms with Gasteiger partial charge in [0.1, 0.15) is 0 Å². The molecule has 0 radical (unpaired) electrons. The van der Waals surface area contributed by atoms with Gasteiger partial charge in [-0.3, -0.25) is 0 Å². The van der Waals surface area contributed by atoms with Crippen LogP contribution < -0.4 is 0 Å². The van der Waals surface area contributed by atoms with Crippen LogP contribution in [-0.4, -0.2) is 49.4 Å². The topological polar surface area (TPSA) is 46.5 Å². The number of aliphatic hydroxyl groups is 1. The van der Waals surface area contributed by atoms with Crippen molar-refractivity contribution in [3.63, 3.8) is 0 Å². The van der Waals surface area contributed by atoms with Gasteiger partial charge in [0.15, 0.2) is 0 Å². The van der Waals surface area contributed by atoms with Crippen molar-refractivity contribution < 1.29 is 14.6 Å². The Morgan fingerprint density at radius 3 is 2.80 bits per heavy atom. The molecule has 0 fully saturated rings. The second kappa shape index (κ2) is 5.82. The van der Waals surface area contributed by atoms with Gasteiger partial charge in [0.2, 0.25) is 0 Å². The molecule has 0 atom stereocenters. The van der Waals surface area contributed by atoms with Crippen LogP contribution in [0.25, 0.3) is 0 Å². The van der Waals surface area contributed by atoms with Crippen molar-refractivity contribution in [1.29, 1.82) is 0 Å².